The number of rotatable bonds is 2. The van der Waals surface area contributed by atoms with Gasteiger partial charge in [-0.15, -0.1) is 0 Å². The first-order valence-corrected chi connectivity index (χ1v) is 5.61. The van der Waals surface area contributed by atoms with Crippen molar-refractivity contribution in [3.05, 3.63) is 48.3 Å². The van der Waals surface area contributed by atoms with Gasteiger partial charge in [-0.2, -0.15) is 0 Å². The topological polar surface area (TPSA) is 38.1 Å². The maximum Gasteiger partial charge on any atom is 0.170 e. The molecule has 3 nitrogen and oxygen atoms in total. The van der Waals surface area contributed by atoms with E-state index in [0.29, 0.717) is 11.5 Å². The third-order valence-electron chi connectivity index (χ3n) is 2.75. The zero-order chi connectivity index (χ0) is 12.5. The lowest BCUT2D eigenvalue weighted by Crippen LogP contribution is -1.92. The Bertz CT molecular complexity index is 706. The van der Waals surface area contributed by atoms with Crippen LogP contribution in [0.15, 0.2) is 46.9 Å². The smallest absolute Gasteiger partial charge is 0.170 e. The number of nitrogens with zero attached hydrogens (tertiary/aromatic N) is 1. The van der Waals surface area contributed by atoms with Gasteiger partial charge in [-0.3, -0.25) is 0 Å². The van der Waals surface area contributed by atoms with Crippen LogP contribution in [0.5, 0.6) is 0 Å². The average Bonchev–Trinajstić information content (AvgIpc) is 2.84. The molecule has 2 aromatic heterocycles. The second-order valence-electron chi connectivity index (χ2n) is 3.93. The van der Waals surface area contributed by atoms with Crippen molar-refractivity contribution in [3.63, 3.8) is 0 Å². The van der Waals surface area contributed by atoms with Crippen LogP contribution in [0.2, 0.25) is 0 Å². The summed E-state index contributed by atoms with van der Waals surface area (Å²) in [6.07, 6.45) is 0. The molecule has 0 aliphatic heterocycles. The molecule has 0 atom stereocenters. The summed E-state index contributed by atoms with van der Waals surface area (Å²) in [5.41, 5.74) is 0.946. The van der Waals surface area contributed by atoms with Crippen LogP contribution in [0.25, 0.3) is 22.4 Å². The molecule has 0 unspecified atom stereocenters. The Morgan fingerprint density at radius 3 is 2.78 bits per heavy atom. The molecule has 0 spiro atoms. The first kappa shape index (κ1) is 10.8. The average molecular weight is 242 g/mol. The lowest BCUT2D eigenvalue weighted by molar-refractivity contribution is 0.567. The molecule has 0 radical (unpaired) electrons. The number of aromatic nitrogens is 1. The highest BCUT2D eigenvalue weighted by Gasteiger charge is 2.10. The van der Waals surface area contributed by atoms with Crippen LogP contribution in [0.3, 0.4) is 0 Å². The van der Waals surface area contributed by atoms with Crippen molar-refractivity contribution < 1.29 is 8.81 Å². The van der Waals surface area contributed by atoms with Crippen molar-refractivity contribution in [1.82, 2.24) is 4.98 Å². The minimum atomic E-state index is -0.358. The van der Waals surface area contributed by atoms with Crippen molar-refractivity contribution in [3.8, 4) is 11.5 Å². The number of furan rings is 1. The Morgan fingerprint density at radius 1 is 1.17 bits per heavy atom. The highest BCUT2D eigenvalue weighted by molar-refractivity contribution is 5.82. The zero-order valence-electron chi connectivity index (χ0n) is 9.77. The van der Waals surface area contributed by atoms with E-state index in [1.165, 1.54) is 6.07 Å². The molecule has 0 saturated heterocycles. The third kappa shape index (κ3) is 1.72. The molecule has 0 bridgehead atoms. The molecule has 1 aromatic carbocycles. The van der Waals surface area contributed by atoms with Crippen LogP contribution in [-0.4, -0.2) is 12.0 Å². The molecule has 90 valence electrons. The highest BCUT2D eigenvalue weighted by Crippen LogP contribution is 2.28. The van der Waals surface area contributed by atoms with Gasteiger partial charge in [0.2, 0.25) is 0 Å². The monoisotopic (exact) mass is 242 g/mol. The molecule has 0 aliphatic rings. The summed E-state index contributed by atoms with van der Waals surface area (Å²) in [4.78, 5) is 4.36. The van der Waals surface area contributed by atoms with Crippen LogP contribution in [0.1, 0.15) is 0 Å². The number of anilines is 1. The number of hydrogen-bond acceptors (Lipinski definition) is 3. The molecule has 18 heavy (non-hydrogen) atoms. The fourth-order valence-corrected chi connectivity index (χ4v) is 1.86. The van der Waals surface area contributed by atoms with E-state index in [0.717, 1.165) is 11.2 Å². The van der Waals surface area contributed by atoms with Gasteiger partial charge in [0.05, 0.1) is 0 Å². The Morgan fingerprint density at radius 2 is 2.00 bits per heavy atom. The summed E-state index contributed by atoms with van der Waals surface area (Å²) in [6, 6.07) is 12.2. The van der Waals surface area contributed by atoms with Gasteiger partial charge in [0.15, 0.2) is 17.2 Å². The number of benzene rings is 1. The van der Waals surface area contributed by atoms with Gasteiger partial charge in [0.25, 0.3) is 0 Å². The van der Waals surface area contributed by atoms with Gasteiger partial charge in [-0.1, -0.05) is 18.2 Å². The molecule has 4 heteroatoms. The molecule has 0 fully saturated rings. The Balaban J connectivity index is 2.16. The molecular weight excluding hydrogens is 231 g/mol. The van der Waals surface area contributed by atoms with Crippen molar-refractivity contribution in [2.24, 2.45) is 0 Å². The lowest BCUT2D eigenvalue weighted by atomic mass is 10.2. The van der Waals surface area contributed by atoms with E-state index in [4.69, 9.17) is 4.42 Å². The summed E-state index contributed by atoms with van der Waals surface area (Å²) in [7, 11) is 1.80. The molecule has 0 saturated carbocycles. The molecule has 3 aromatic rings. The second kappa shape index (κ2) is 4.14. The molecule has 3 rings (SSSR count). The van der Waals surface area contributed by atoms with E-state index in [-0.39, 0.29) is 11.4 Å². The van der Waals surface area contributed by atoms with Gasteiger partial charge in [-0.25, -0.2) is 9.37 Å². The third-order valence-corrected chi connectivity index (χ3v) is 2.75. The molecule has 0 aliphatic carbocycles. The highest BCUT2D eigenvalue weighted by atomic mass is 19.1. The molecule has 0 amide bonds. The van der Waals surface area contributed by atoms with Crippen molar-refractivity contribution >= 4 is 16.8 Å². The van der Waals surface area contributed by atoms with E-state index in [1.54, 1.807) is 19.2 Å². The first-order chi connectivity index (χ1) is 8.78. The Labute approximate surface area is 103 Å². The molecule has 2 heterocycles. The van der Waals surface area contributed by atoms with Crippen LogP contribution in [-0.2, 0) is 0 Å². The maximum absolute atomic E-state index is 13.5. The summed E-state index contributed by atoms with van der Waals surface area (Å²) >= 11 is 0. The number of nitrogens with one attached hydrogen (secondary N) is 1. The number of hydrogen-bond donors (Lipinski definition) is 1. The summed E-state index contributed by atoms with van der Waals surface area (Å²) in [5.74, 6) is 0.948. The fourth-order valence-electron chi connectivity index (χ4n) is 1.86. The van der Waals surface area contributed by atoms with E-state index < -0.39 is 0 Å². The quantitative estimate of drug-likeness (QED) is 0.745. The van der Waals surface area contributed by atoms with Crippen LogP contribution >= 0.6 is 0 Å². The Hall–Kier alpha value is -2.36. The number of fused-ring (bicyclic) bond motifs is 1. The van der Waals surface area contributed by atoms with Gasteiger partial charge >= 0.3 is 0 Å². The van der Waals surface area contributed by atoms with Crippen molar-refractivity contribution in [2.75, 3.05) is 12.4 Å². The first-order valence-electron chi connectivity index (χ1n) is 5.61. The number of halogens is 1. The van der Waals surface area contributed by atoms with E-state index in [1.807, 2.05) is 24.3 Å². The molecular formula is C14H11FN2O. The maximum atomic E-state index is 13.5. The number of para-hydroxylation sites is 1. The van der Waals surface area contributed by atoms with Gasteiger partial charge in [-0.05, 0) is 24.3 Å². The van der Waals surface area contributed by atoms with E-state index in [9.17, 15) is 4.39 Å². The van der Waals surface area contributed by atoms with E-state index >= 15 is 0 Å². The van der Waals surface area contributed by atoms with Gasteiger partial charge < -0.3 is 9.73 Å². The van der Waals surface area contributed by atoms with Crippen LogP contribution in [0.4, 0.5) is 10.2 Å². The predicted octanol–water partition coefficient (Wildman–Crippen LogP) is 3.68. The Kier molecular flexibility index (Phi) is 2.48. The SMILES string of the molecule is CNc1cccc(-c2cc3cccc(F)c3o2)n1. The predicted molar refractivity (Wildman–Crippen MR) is 68.9 cm³/mol. The largest absolute Gasteiger partial charge is 0.451 e. The standard InChI is InChI=1S/C14H11FN2O/c1-16-13-7-3-6-11(17-13)12-8-9-4-2-5-10(15)14(9)18-12/h2-8H,1H3,(H,16,17). The van der Waals surface area contributed by atoms with Gasteiger partial charge in [0, 0.05) is 12.4 Å². The minimum absolute atomic E-state index is 0.268. The minimum Gasteiger partial charge on any atom is -0.451 e. The van der Waals surface area contributed by atoms with Gasteiger partial charge in [0.1, 0.15) is 11.5 Å². The van der Waals surface area contributed by atoms with Crippen LogP contribution < -0.4 is 5.32 Å². The summed E-state index contributed by atoms with van der Waals surface area (Å²) in [6.45, 7) is 0. The van der Waals surface area contributed by atoms with Crippen molar-refractivity contribution in [2.45, 2.75) is 0 Å². The number of pyridine rings is 1. The summed E-state index contributed by atoms with van der Waals surface area (Å²) in [5, 5.41) is 3.69. The fraction of sp³-hybridized carbons (Fsp3) is 0.0714. The lowest BCUT2D eigenvalue weighted by Gasteiger charge is -2.00. The second-order valence-corrected chi connectivity index (χ2v) is 3.93. The van der Waals surface area contributed by atoms with Crippen molar-refractivity contribution in [1.29, 1.82) is 0 Å². The normalized spacial score (nSPS) is 10.8. The van der Waals surface area contributed by atoms with Crippen LogP contribution in [0, 0.1) is 5.82 Å². The summed E-state index contributed by atoms with van der Waals surface area (Å²) < 4.78 is 19.1. The zero-order valence-corrected chi connectivity index (χ0v) is 9.77. The molecule has 1 N–H and O–H groups in total. The van der Waals surface area contributed by atoms with E-state index in [2.05, 4.69) is 10.3 Å².